The van der Waals surface area contributed by atoms with Crippen molar-refractivity contribution in [3.8, 4) is 5.75 Å². The van der Waals surface area contributed by atoms with E-state index in [1.165, 1.54) is 0 Å². The van der Waals surface area contributed by atoms with Gasteiger partial charge in [0.1, 0.15) is 0 Å². The summed E-state index contributed by atoms with van der Waals surface area (Å²) in [6.07, 6.45) is 3.44. The Labute approximate surface area is 89.9 Å². The van der Waals surface area contributed by atoms with Gasteiger partial charge >= 0.3 is 0 Å². The Hall–Kier alpha value is -1.03. The quantitative estimate of drug-likeness (QED) is 0.800. The normalized spacial score (nSPS) is 30.8. The Kier molecular flexibility index (Phi) is 2.69. The third kappa shape index (κ3) is 1.63. The standard InChI is InChI=1S/C11H18N2O2/c1-7-8(4-5-9(7)14)11-10(15-3)6-12-13(11)2/h6-9,14H,4-5H2,1-3H3. The Morgan fingerprint density at radius 1 is 1.53 bits per heavy atom. The SMILES string of the molecule is COc1cnn(C)c1C1CCC(O)C1C. The van der Waals surface area contributed by atoms with Crippen molar-refractivity contribution in [3.63, 3.8) is 0 Å². The zero-order valence-corrected chi connectivity index (χ0v) is 9.47. The predicted molar refractivity (Wildman–Crippen MR) is 56.9 cm³/mol. The molecule has 0 spiro atoms. The highest BCUT2D eigenvalue weighted by molar-refractivity contribution is 5.30. The van der Waals surface area contributed by atoms with Crippen LogP contribution in [0.1, 0.15) is 31.4 Å². The van der Waals surface area contributed by atoms with Gasteiger partial charge in [0, 0.05) is 13.0 Å². The van der Waals surface area contributed by atoms with E-state index < -0.39 is 0 Å². The lowest BCUT2D eigenvalue weighted by Crippen LogP contribution is -2.16. The van der Waals surface area contributed by atoms with E-state index in [1.54, 1.807) is 13.3 Å². The highest BCUT2D eigenvalue weighted by Gasteiger charge is 2.35. The van der Waals surface area contributed by atoms with Crippen LogP contribution in [0.25, 0.3) is 0 Å². The van der Waals surface area contributed by atoms with Crippen LogP contribution in [0.5, 0.6) is 5.75 Å². The zero-order chi connectivity index (χ0) is 11.0. The molecular formula is C11H18N2O2. The topological polar surface area (TPSA) is 47.3 Å². The molecule has 3 atom stereocenters. The molecule has 0 amide bonds. The van der Waals surface area contributed by atoms with E-state index in [9.17, 15) is 5.11 Å². The summed E-state index contributed by atoms with van der Waals surface area (Å²) in [5.74, 6) is 1.49. The molecule has 0 aromatic carbocycles. The Balaban J connectivity index is 2.32. The highest BCUT2D eigenvalue weighted by Crippen LogP contribution is 2.42. The number of hydrogen-bond acceptors (Lipinski definition) is 3. The number of hydrogen-bond donors (Lipinski definition) is 1. The van der Waals surface area contributed by atoms with E-state index in [4.69, 9.17) is 4.74 Å². The summed E-state index contributed by atoms with van der Waals surface area (Å²) in [4.78, 5) is 0. The number of ether oxygens (including phenoxy) is 1. The van der Waals surface area contributed by atoms with Crippen molar-refractivity contribution >= 4 is 0 Å². The maximum absolute atomic E-state index is 9.75. The van der Waals surface area contributed by atoms with Gasteiger partial charge in [-0.05, 0) is 18.8 Å². The molecule has 15 heavy (non-hydrogen) atoms. The molecule has 3 unspecified atom stereocenters. The van der Waals surface area contributed by atoms with E-state index in [-0.39, 0.29) is 12.0 Å². The van der Waals surface area contributed by atoms with E-state index >= 15 is 0 Å². The van der Waals surface area contributed by atoms with Crippen LogP contribution in [0.4, 0.5) is 0 Å². The summed E-state index contributed by atoms with van der Waals surface area (Å²) in [5.41, 5.74) is 1.11. The highest BCUT2D eigenvalue weighted by atomic mass is 16.5. The minimum absolute atomic E-state index is 0.186. The average Bonchev–Trinajstić information content (AvgIpc) is 2.73. The first-order valence-electron chi connectivity index (χ1n) is 5.39. The number of aromatic nitrogens is 2. The number of aliphatic hydroxyl groups is 1. The fourth-order valence-electron chi connectivity index (χ4n) is 2.54. The van der Waals surface area contributed by atoms with E-state index in [2.05, 4.69) is 12.0 Å². The third-order valence-corrected chi connectivity index (χ3v) is 3.54. The molecule has 1 aliphatic carbocycles. The van der Waals surface area contributed by atoms with Crippen LogP contribution < -0.4 is 4.74 Å². The van der Waals surface area contributed by atoms with Crippen LogP contribution in [0, 0.1) is 5.92 Å². The van der Waals surface area contributed by atoms with Crippen molar-refractivity contribution in [3.05, 3.63) is 11.9 Å². The van der Waals surface area contributed by atoms with Crippen molar-refractivity contribution in [1.29, 1.82) is 0 Å². The van der Waals surface area contributed by atoms with Crippen molar-refractivity contribution in [2.75, 3.05) is 7.11 Å². The zero-order valence-electron chi connectivity index (χ0n) is 9.47. The van der Waals surface area contributed by atoms with Crippen molar-refractivity contribution in [1.82, 2.24) is 9.78 Å². The van der Waals surface area contributed by atoms with E-state index in [0.717, 1.165) is 24.3 Å². The number of aliphatic hydroxyl groups excluding tert-OH is 1. The van der Waals surface area contributed by atoms with Gasteiger partial charge in [-0.1, -0.05) is 6.92 Å². The van der Waals surface area contributed by atoms with Crippen LogP contribution in [-0.4, -0.2) is 28.1 Å². The minimum atomic E-state index is -0.186. The molecule has 4 nitrogen and oxygen atoms in total. The van der Waals surface area contributed by atoms with Gasteiger partial charge < -0.3 is 9.84 Å². The lowest BCUT2D eigenvalue weighted by Gasteiger charge is -2.18. The van der Waals surface area contributed by atoms with Crippen molar-refractivity contribution in [2.24, 2.45) is 13.0 Å². The summed E-state index contributed by atoms with van der Waals surface area (Å²) >= 11 is 0. The molecule has 2 rings (SSSR count). The molecule has 1 aromatic heterocycles. The summed E-state index contributed by atoms with van der Waals surface area (Å²) < 4.78 is 7.16. The second-order valence-electron chi connectivity index (χ2n) is 4.33. The molecule has 1 heterocycles. The molecule has 1 N–H and O–H groups in total. The number of aryl methyl sites for hydroxylation is 1. The Morgan fingerprint density at radius 2 is 2.27 bits per heavy atom. The third-order valence-electron chi connectivity index (χ3n) is 3.54. The van der Waals surface area contributed by atoms with Crippen molar-refractivity contribution < 1.29 is 9.84 Å². The maximum Gasteiger partial charge on any atom is 0.160 e. The molecule has 1 saturated carbocycles. The van der Waals surface area contributed by atoms with Gasteiger partial charge in [-0.25, -0.2) is 0 Å². The van der Waals surface area contributed by atoms with Crippen LogP contribution in [0.3, 0.4) is 0 Å². The molecule has 1 aromatic rings. The lowest BCUT2D eigenvalue weighted by atomic mass is 9.93. The second kappa shape index (κ2) is 3.85. The largest absolute Gasteiger partial charge is 0.493 e. The smallest absolute Gasteiger partial charge is 0.160 e. The Bertz CT molecular complexity index is 348. The molecule has 4 heteroatoms. The second-order valence-corrected chi connectivity index (χ2v) is 4.33. The van der Waals surface area contributed by atoms with Gasteiger partial charge in [0.2, 0.25) is 0 Å². The fraction of sp³-hybridized carbons (Fsp3) is 0.727. The van der Waals surface area contributed by atoms with Gasteiger partial charge in [-0.15, -0.1) is 0 Å². The van der Waals surface area contributed by atoms with Crippen LogP contribution >= 0.6 is 0 Å². The predicted octanol–water partition coefficient (Wildman–Crippen LogP) is 1.30. The van der Waals surface area contributed by atoms with Crippen molar-refractivity contribution in [2.45, 2.75) is 31.8 Å². The summed E-state index contributed by atoms with van der Waals surface area (Å²) in [6.45, 7) is 2.09. The number of methoxy groups -OCH3 is 1. The average molecular weight is 210 g/mol. The number of nitrogens with zero attached hydrogens (tertiary/aromatic N) is 2. The molecule has 0 radical (unpaired) electrons. The van der Waals surface area contributed by atoms with Gasteiger partial charge in [-0.2, -0.15) is 5.10 Å². The first-order chi connectivity index (χ1) is 7.15. The van der Waals surface area contributed by atoms with Gasteiger partial charge in [0.25, 0.3) is 0 Å². The van der Waals surface area contributed by atoms with Crippen LogP contribution in [0.2, 0.25) is 0 Å². The molecule has 0 aliphatic heterocycles. The Morgan fingerprint density at radius 3 is 2.80 bits per heavy atom. The van der Waals surface area contributed by atoms with Gasteiger partial charge in [0.15, 0.2) is 5.75 Å². The number of rotatable bonds is 2. The molecule has 84 valence electrons. The monoisotopic (exact) mass is 210 g/mol. The minimum Gasteiger partial charge on any atom is -0.493 e. The van der Waals surface area contributed by atoms with E-state index in [0.29, 0.717) is 5.92 Å². The molecular weight excluding hydrogens is 192 g/mol. The summed E-state index contributed by atoms with van der Waals surface area (Å²) in [6, 6.07) is 0. The van der Waals surface area contributed by atoms with E-state index in [1.807, 2.05) is 11.7 Å². The summed E-state index contributed by atoms with van der Waals surface area (Å²) in [5, 5.41) is 14.0. The fourth-order valence-corrected chi connectivity index (χ4v) is 2.54. The first-order valence-corrected chi connectivity index (χ1v) is 5.39. The maximum atomic E-state index is 9.75. The summed E-state index contributed by atoms with van der Waals surface area (Å²) in [7, 11) is 3.59. The van der Waals surface area contributed by atoms with Crippen LogP contribution in [-0.2, 0) is 7.05 Å². The first kappa shape index (κ1) is 10.5. The van der Waals surface area contributed by atoms with Crippen LogP contribution in [0.15, 0.2) is 6.20 Å². The van der Waals surface area contributed by atoms with Gasteiger partial charge in [-0.3, -0.25) is 4.68 Å². The molecule has 1 fully saturated rings. The van der Waals surface area contributed by atoms with Gasteiger partial charge in [0.05, 0.1) is 25.1 Å². The lowest BCUT2D eigenvalue weighted by molar-refractivity contribution is 0.135. The molecule has 0 bridgehead atoms. The molecule has 0 saturated heterocycles. The molecule has 1 aliphatic rings.